The lowest BCUT2D eigenvalue weighted by Gasteiger charge is -1.95. The third-order valence-corrected chi connectivity index (χ3v) is 1.76. The molecule has 0 saturated carbocycles. The van der Waals surface area contributed by atoms with Crippen LogP contribution in [0.3, 0.4) is 0 Å². The van der Waals surface area contributed by atoms with Gasteiger partial charge in [0.2, 0.25) is 5.12 Å². The van der Waals surface area contributed by atoms with E-state index in [1.54, 1.807) is 6.92 Å². The zero-order valence-electron chi connectivity index (χ0n) is 5.55. The van der Waals surface area contributed by atoms with E-state index < -0.39 is 5.92 Å². The Hall–Kier alpha value is -0.490. The van der Waals surface area contributed by atoms with Gasteiger partial charge in [-0.05, 0) is 12.7 Å². The van der Waals surface area contributed by atoms with Gasteiger partial charge < -0.3 is 0 Å². The highest BCUT2D eigenvalue weighted by atomic mass is 32.2. The van der Waals surface area contributed by atoms with Gasteiger partial charge in [-0.25, -0.2) is 0 Å². The molecule has 0 saturated heterocycles. The van der Waals surface area contributed by atoms with Gasteiger partial charge in [-0.2, -0.15) is 5.26 Å². The monoisotopic (exact) mass is 143 g/mol. The van der Waals surface area contributed by atoms with Crippen molar-refractivity contribution >= 4 is 16.9 Å². The minimum atomic E-state index is -0.449. The van der Waals surface area contributed by atoms with Crippen molar-refractivity contribution in [3.8, 4) is 6.07 Å². The van der Waals surface area contributed by atoms with Crippen molar-refractivity contribution in [2.45, 2.75) is 13.8 Å². The molecule has 0 aliphatic rings. The lowest BCUT2D eigenvalue weighted by atomic mass is 10.2. The van der Waals surface area contributed by atoms with Gasteiger partial charge in [-0.1, -0.05) is 18.7 Å². The molecule has 0 heterocycles. The van der Waals surface area contributed by atoms with Gasteiger partial charge in [-0.3, -0.25) is 4.79 Å². The lowest BCUT2D eigenvalue weighted by molar-refractivity contribution is -0.112. The molecule has 50 valence electrons. The van der Waals surface area contributed by atoms with Crippen LogP contribution in [0.5, 0.6) is 0 Å². The Morgan fingerprint density at radius 2 is 2.44 bits per heavy atom. The van der Waals surface area contributed by atoms with Crippen molar-refractivity contribution in [1.29, 1.82) is 5.26 Å². The second-order valence-electron chi connectivity index (χ2n) is 1.60. The van der Waals surface area contributed by atoms with Gasteiger partial charge in [0.25, 0.3) is 0 Å². The number of carbonyl (C=O) groups is 1. The number of carbonyl (C=O) groups excluding carboxylic acids is 1. The van der Waals surface area contributed by atoms with E-state index in [2.05, 4.69) is 0 Å². The van der Waals surface area contributed by atoms with Crippen LogP contribution < -0.4 is 0 Å². The summed E-state index contributed by atoms with van der Waals surface area (Å²) in [6, 6.07) is 1.88. The third kappa shape index (κ3) is 3.15. The number of hydrogen-bond donors (Lipinski definition) is 0. The summed E-state index contributed by atoms with van der Waals surface area (Å²) >= 11 is 1.20. The predicted molar refractivity (Wildman–Crippen MR) is 37.9 cm³/mol. The summed E-state index contributed by atoms with van der Waals surface area (Å²) < 4.78 is 0. The summed E-state index contributed by atoms with van der Waals surface area (Å²) in [6.45, 7) is 3.51. The molecular formula is C6H9NOS. The fraction of sp³-hybridized carbons (Fsp3) is 0.667. The van der Waals surface area contributed by atoms with Gasteiger partial charge in [0.1, 0.15) is 5.92 Å². The van der Waals surface area contributed by atoms with Crippen LogP contribution in [0.2, 0.25) is 0 Å². The largest absolute Gasteiger partial charge is 0.286 e. The topological polar surface area (TPSA) is 40.9 Å². The molecular weight excluding hydrogens is 134 g/mol. The number of thioether (sulfide) groups is 1. The molecule has 0 aromatic rings. The summed E-state index contributed by atoms with van der Waals surface area (Å²) in [6.07, 6.45) is 0. The normalized spacial score (nSPS) is 12.1. The number of hydrogen-bond acceptors (Lipinski definition) is 3. The second kappa shape index (κ2) is 4.39. The van der Waals surface area contributed by atoms with Crippen LogP contribution in [0.4, 0.5) is 0 Å². The minimum Gasteiger partial charge on any atom is -0.286 e. The Morgan fingerprint density at radius 3 is 2.78 bits per heavy atom. The van der Waals surface area contributed by atoms with Crippen molar-refractivity contribution in [2.24, 2.45) is 5.92 Å². The average Bonchev–Trinajstić information content (AvgIpc) is 1.87. The van der Waals surface area contributed by atoms with Crippen LogP contribution in [0.1, 0.15) is 13.8 Å². The van der Waals surface area contributed by atoms with Gasteiger partial charge in [0, 0.05) is 0 Å². The van der Waals surface area contributed by atoms with E-state index in [1.165, 1.54) is 11.8 Å². The Kier molecular flexibility index (Phi) is 4.16. The molecule has 0 aromatic heterocycles. The van der Waals surface area contributed by atoms with E-state index in [1.807, 2.05) is 13.0 Å². The zero-order valence-corrected chi connectivity index (χ0v) is 6.36. The van der Waals surface area contributed by atoms with E-state index >= 15 is 0 Å². The molecule has 0 rings (SSSR count). The predicted octanol–water partition coefficient (Wildman–Crippen LogP) is 1.43. The second-order valence-corrected chi connectivity index (χ2v) is 2.87. The summed E-state index contributed by atoms with van der Waals surface area (Å²) in [5.74, 6) is 0.306. The maximum absolute atomic E-state index is 10.7. The van der Waals surface area contributed by atoms with Gasteiger partial charge in [0.05, 0.1) is 6.07 Å². The van der Waals surface area contributed by atoms with Crippen molar-refractivity contribution < 1.29 is 4.79 Å². The van der Waals surface area contributed by atoms with Crippen LogP contribution in [0.25, 0.3) is 0 Å². The molecule has 0 aliphatic heterocycles. The van der Waals surface area contributed by atoms with Crippen LogP contribution in [0, 0.1) is 17.2 Å². The fourth-order valence-corrected chi connectivity index (χ4v) is 0.907. The molecule has 2 nitrogen and oxygen atoms in total. The molecule has 0 fully saturated rings. The minimum absolute atomic E-state index is 0.0278. The number of nitrogens with zero attached hydrogens (tertiary/aromatic N) is 1. The highest BCUT2D eigenvalue weighted by Gasteiger charge is 2.09. The molecule has 0 N–H and O–H groups in total. The summed E-state index contributed by atoms with van der Waals surface area (Å²) in [4.78, 5) is 10.7. The Balaban J connectivity index is 3.63. The summed E-state index contributed by atoms with van der Waals surface area (Å²) in [7, 11) is 0. The first-order valence-electron chi connectivity index (χ1n) is 2.78. The summed E-state index contributed by atoms with van der Waals surface area (Å²) in [5, 5.41) is 8.22. The number of rotatable bonds is 2. The van der Waals surface area contributed by atoms with E-state index in [-0.39, 0.29) is 5.12 Å². The smallest absolute Gasteiger partial charge is 0.205 e. The summed E-state index contributed by atoms with van der Waals surface area (Å²) in [5.41, 5.74) is 0. The van der Waals surface area contributed by atoms with Crippen molar-refractivity contribution in [1.82, 2.24) is 0 Å². The molecule has 0 amide bonds. The molecule has 0 radical (unpaired) electrons. The first kappa shape index (κ1) is 8.51. The number of nitriles is 1. The first-order valence-corrected chi connectivity index (χ1v) is 3.77. The van der Waals surface area contributed by atoms with E-state index in [4.69, 9.17) is 5.26 Å². The molecule has 0 aromatic carbocycles. The van der Waals surface area contributed by atoms with Crippen LogP contribution in [-0.4, -0.2) is 10.9 Å². The fourth-order valence-electron chi connectivity index (χ4n) is 0.320. The quantitative estimate of drug-likeness (QED) is 0.587. The first-order chi connectivity index (χ1) is 4.22. The third-order valence-electron chi connectivity index (χ3n) is 0.834. The lowest BCUT2D eigenvalue weighted by Crippen LogP contribution is -2.03. The Labute approximate surface area is 59.2 Å². The molecule has 0 bridgehead atoms. The molecule has 3 heteroatoms. The SMILES string of the molecule is CCSC(=O)[C@H](C)C#N. The van der Waals surface area contributed by atoms with E-state index in [9.17, 15) is 4.79 Å². The molecule has 0 aliphatic carbocycles. The van der Waals surface area contributed by atoms with Gasteiger partial charge in [0.15, 0.2) is 0 Å². The highest BCUT2D eigenvalue weighted by molar-refractivity contribution is 8.13. The zero-order chi connectivity index (χ0) is 7.28. The maximum Gasteiger partial charge on any atom is 0.205 e. The Morgan fingerprint density at radius 1 is 1.89 bits per heavy atom. The van der Waals surface area contributed by atoms with Crippen LogP contribution in [0.15, 0.2) is 0 Å². The van der Waals surface area contributed by atoms with Gasteiger partial charge in [-0.15, -0.1) is 0 Å². The molecule has 0 spiro atoms. The van der Waals surface area contributed by atoms with Crippen molar-refractivity contribution in [2.75, 3.05) is 5.75 Å². The molecule has 0 unspecified atom stereocenters. The van der Waals surface area contributed by atoms with Crippen molar-refractivity contribution in [3.05, 3.63) is 0 Å². The van der Waals surface area contributed by atoms with Crippen LogP contribution >= 0.6 is 11.8 Å². The van der Waals surface area contributed by atoms with Crippen LogP contribution in [-0.2, 0) is 4.79 Å². The van der Waals surface area contributed by atoms with Crippen molar-refractivity contribution in [3.63, 3.8) is 0 Å². The average molecular weight is 143 g/mol. The molecule has 1 atom stereocenters. The highest BCUT2D eigenvalue weighted by Crippen LogP contribution is 2.08. The van der Waals surface area contributed by atoms with Gasteiger partial charge >= 0.3 is 0 Å². The Bertz CT molecular complexity index is 138. The molecule has 9 heavy (non-hydrogen) atoms. The maximum atomic E-state index is 10.7. The van der Waals surface area contributed by atoms with E-state index in [0.29, 0.717) is 0 Å². The standard InChI is InChI=1S/C6H9NOS/c1-3-9-6(8)5(2)4-7/h5H,3H2,1-2H3/t5-/m1/s1. The van der Waals surface area contributed by atoms with E-state index in [0.717, 1.165) is 5.75 Å².